The molecule has 0 aromatic heterocycles. The van der Waals surface area contributed by atoms with Gasteiger partial charge in [0, 0.05) is 11.0 Å². The lowest BCUT2D eigenvalue weighted by molar-refractivity contribution is 0.605. The van der Waals surface area contributed by atoms with E-state index in [9.17, 15) is 4.39 Å². The van der Waals surface area contributed by atoms with Crippen LogP contribution in [0.3, 0.4) is 0 Å². The third-order valence-electron chi connectivity index (χ3n) is 2.77. The van der Waals surface area contributed by atoms with Crippen molar-refractivity contribution < 1.29 is 4.39 Å². The SMILES string of the molecule is Cc1cc(Br)c(CNCC2CC2)cc1F. The quantitative estimate of drug-likeness (QED) is 0.885. The zero-order valence-corrected chi connectivity index (χ0v) is 10.4. The van der Waals surface area contributed by atoms with Crippen molar-refractivity contribution in [3.05, 3.63) is 33.5 Å². The topological polar surface area (TPSA) is 12.0 Å². The number of aryl methyl sites for hydroxylation is 1. The first-order chi connectivity index (χ1) is 7.16. The van der Waals surface area contributed by atoms with Gasteiger partial charge in [-0.3, -0.25) is 0 Å². The van der Waals surface area contributed by atoms with Gasteiger partial charge in [0.1, 0.15) is 5.82 Å². The zero-order chi connectivity index (χ0) is 10.8. The fraction of sp³-hybridized carbons (Fsp3) is 0.500. The molecule has 1 fully saturated rings. The van der Waals surface area contributed by atoms with Crippen molar-refractivity contribution in [2.75, 3.05) is 6.54 Å². The van der Waals surface area contributed by atoms with Gasteiger partial charge < -0.3 is 5.32 Å². The summed E-state index contributed by atoms with van der Waals surface area (Å²) >= 11 is 3.46. The Bertz CT molecular complexity index is 361. The molecule has 1 aliphatic carbocycles. The summed E-state index contributed by atoms with van der Waals surface area (Å²) in [5.41, 5.74) is 1.69. The molecule has 1 N–H and O–H groups in total. The van der Waals surface area contributed by atoms with Gasteiger partial charge in [-0.1, -0.05) is 15.9 Å². The predicted molar refractivity (Wildman–Crippen MR) is 63.3 cm³/mol. The highest BCUT2D eigenvalue weighted by atomic mass is 79.9. The van der Waals surface area contributed by atoms with E-state index in [1.807, 2.05) is 6.07 Å². The van der Waals surface area contributed by atoms with Gasteiger partial charge in [0.05, 0.1) is 0 Å². The van der Waals surface area contributed by atoms with E-state index in [1.54, 1.807) is 13.0 Å². The molecular weight excluding hydrogens is 257 g/mol. The van der Waals surface area contributed by atoms with E-state index in [0.717, 1.165) is 29.0 Å². The van der Waals surface area contributed by atoms with E-state index in [2.05, 4.69) is 21.2 Å². The fourth-order valence-electron chi connectivity index (χ4n) is 1.56. The Kier molecular flexibility index (Phi) is 3.42. The highest BCUT2D eigenvalue weighted by Gasteiger charge is 2.20. The van der Waals surface area contributed by atoms with Gasteiger partial charge >= 0.3 is 0 Å². The van der Waals surface area contributed by atoms with Gasteiger partial charge in [-0.15, -0.1) is 0 Å². The highest BCUT2D eigenvalue weighted by molar-refractivity contribution is 9.10. The fourth-order valence-corrected chi connectivity index (χ4v) is 2.15. The molecule has 0 heterocycles. The van der Waals surface area contributed by atoms with Crippen molar-refractivity contribution in [3.63, 3.8) is 0 Å². The number of rotatable bonds is 4. The molecule has 0 saturated heterocycles. The van der Waals surface area contributed by atoms with Crippen LogP contribution >= 0.6 is 15.9 Å². The normalized spacial score (nSPS) is 15.7. The maximum Gasteiger partial charge on any atom is 0.126 e. The van der Waals surface area contributed by atoms with Crippen LogP contribution in [-0.2, 0) is 6.54 Å². The molecule has 0 amide bonds. The van der Waals surface area contributed by atoms with Crippen molar-refractivity contribution in [3.8, 4) is 0 Å². The summed E-state index contributed by atoms with van der Waals surface area (Å²) in [5, 5.41) is 3.35. The lowest BCUT2D eigenvalue weighted by Gasteiger charge is -2.08. The van der Waals surface area contributed by atoms with Crippen molar-refractivity contribution in [2.45, 2.75) is 26.3 Å². The van der Waals surface area contributed by atoms with Crippen LogP contribution in [-0.4, -0.2) is 6.54 Å². The van der Waals surface area contributed by atoms with Crippen molar-refractivity contribution in [2.24, 2.45) is 5.92 Å². The minimum Gasteiger partial charge on any atom is -0.312 e. The van der Waals surface area contributed by atoms with Crippen LogP contribution in [0, 0.1) is 18.7 Å². The molecule has 2 rings (SSSR count). The van der Waals surface area contributed by atoms with Crippen LogP contribution in [0.4, 0.5) is 4.39 Å². The predicted octanol–water partition coefficient (Wildman–Crippen LogP) is 3.40. The molecule has 15 heavy (non-hydrogen) atoms. The Morgan fingerprint density at radius 2 is 2.20 bits per heavy atom. The van der Waals surface area contributed by atoms with E-state index in [1.165, 1.54) is 12.8 Å². The Hall–Kier alpha value is -0.410. The van der Waals surface area contributed by atoms with Crippen molar-refractivity contribution in [1.29, 1.82) is 0 Å². The lowest BCUT2D eigenvalue weighted by atomic mass is 10.1. The van der Waals surface area contributed by atoms with Crippen molar-refractivity contribution >= 4 is 15.9 Å². The second-order valence-corrected chi connectivity index (χ2v) is 5.12. The molecule has 0 radical (unpaired) electrons. The summed E-state index contributed by atoms with van der Waals surface area (Å²) in [6, 6.07) is 3.45. The Labute approximate surface area is 98.2 Å². The molecule has 1 saturated carbocycles. The minimum absolute atomic E-state index is 0.124. The van der Waals surface area contributed by atoms with Crippen LogP contribution in [0.15, 0.2) is 16.6 Å². The Morgan fingerprint density at radius 3 is 2.87 bits per heavy atom. The maximum absolute atomic E-state index is 13.3. The molecular formula is C12H15BrFN. The lowest BCUT2D eigenvalue weighted by Crippen LogP contribution is -2.16. The van der Waals surface area contributed by atoms with Gasteiger partial charge in [-0.05, 0) is 55.5 Å². The first-order valence-corrected chi connectivity index (χ1v) is 6.11. The van der Waals surface area contributed by atoms with Crippen LogP contribution in [0.1, 0.15) is 24.0 Å². The first-order valence-electron chi connectivity index (χ1n) is 5.32. The molecule has 0 unspecified atom stereocenters. The number of hydrogen-bond acceptors (Lipinski definition) is 1. The summed E-state index contributed by atoms with van der Waals surface area (Å²) in [6.45, 7) is 3.58. The van der Waals surface area contributed by atoms with E-state index in [4.69, 9.17) is 0 Å². The number of benzene rings is 1. The summed E-state index contributed by atoms with van der Waals surface area (Å²) in [7, 11) is 0. The monoisotopic (exact) mass is 271 g/mol. The van der Waals surface area contributed by atoms with Crippen LogP contribution in [0.5, 0.6) is 0 Å². The van der Waals surface area contributed by atoms with Gasteiger partial charge in [0.2, 0.25) is 0 Å². The van der Waals surface area contributed by atoms with Gasteiger partial charge in [0.25, 0.3) is 0 Å². The van der Waals surface area contributed by atoms with E-state index >= 15 is 0 Å². The van der Waals surface area contributed by atoms with Gasteiger partial charge in [0.15, 0.2) is 0 Å². The molecule has 82 valence electrons. The smallest absolute Gasteiger partial charge is 0.126 e. The second-order valence-electron chi connectivity index (χ2n) is 4.27. The van der Waals surface area contributed by atoms with E-state index in [0.29, 0.717) is 5.56 Å². The molecule has 3 heteroatoms. The van der Waals surface area contributed by atoms with Crippen molar-refractivity contribution in [1.82, 2.24) is 5.32 Å². The molecule has 1 aromatic carbocycles. The van der Waals surface area contributed by atoms with E-state index in [-0.39, 0.29) is 5.82 Å². The summed E-state index contributed by atoms with van der Waals surface area (Å²) in [4.78, 5) is 0. The summed E-state index contributed by atoms with van der Waals surface area (Å²) < 4.78 is 14.3. The maximum atomic E-state index is 13.3. The Balaban J connectivity index is 1.96. The first kappa shape index (κ1) is 11.1. The molecule has 0 bridgehead atoms. The standard InChI is InChI=1S/C12H15BrFN/c1-8-4-11(13)10(5-12(8)14)7-15-6-9-2-3-9/h4-5,9,15H,2-3,6-7H2,1H3. The van der Waals surface area contributed by atoms with Gasteiger partial charge in [-0.2, -0.15) is 0 Å². The third kappa shape index (κ3) is 3.02. The van der Waals surface area contributed by atoms with Gasteiger partial charge in [-0.25, -0.2) is 4.39 Å². The Morgan fingerprint density at radius 1 is 1.47 bits per heavy atom. The summed E-state index contributed by atoms with van der Waals surface area (Å²) in [5.74, 6) is 0.737. The number of nitrogens with one attached hydrogen (secondary N) is 1. The minimum atomic E-state index is -0.124. The van der Waals surface area contributed by atoms with E-state index < -0.39 is 0 Å². The average molecular weight is 272 g/mol. The largest absolute Gasteiger partial charge is 0.312 e. The number of halogens is 2. The molecule has 1 aliphatic rings. The van der Waals surface area contributed by atoms with Crippen LogP contribution < -0.4 is 5.32 Å². The van der Waals surface area contributed by atoms with Crippen LogP contribution in [0.25, 0.3) is 0 Å². The van der Waals surface area contributed by atoms with Crippen LogP contribution in [0.2, 0.25) is 0 Å². The average Bonchev–Trinajstić information content (AvgIpc) is 2.97. The molecule has 0 aliphatic heterocycles. The third-order valence-corrected chi connectivity index (χ3v) is 3.51. The molecule has 1 nitrogen and oxygen atoms in total. The number of hydrogen-bond donors (Lipinski definition) is 1. The molecule has 0 spiro atoms. The second kappa shape index (κ2) is 4.62. The molecule has 1 aromatic rings. The summed E-state index contributed by atoms with van der Waals surface area (Å²) in [6.07, 6.45) is 2.69. The molecule has 0 atom stereocenters. The highest BCUT2D eigenvalue weighted by Crippen LogP contribution is 2.28. The zero-order valence-electron chi connectivity index (χ0n) is 8.82.